The van der Waals surface area contributed by atoms with Crippen molar-refractivity contribution in [3.05, 3.63) is 144 Å². The zero-order chi connectivity index (χ0) is 61.9. The average Bonchev–Trinajstić information content (AvgIpc) is 2.35. The van der Waals surface area contributed by atoms with E-state index in [0.29, 0.717) is 90.8 Å². The Kier molecular flexibility index (Phi) is 22.3. The number of aromatic nitrogens is 9. The first-order valence-corrected chi connectivity index (χ1v) is 28.6. The van der Waals surface area contributed by atoms with E-state index in [-0.39, 0.29) is 34.6 Å². The molecule has 88 heavy (non-hydrogen) atoms. The van der Waals surface area contributed by atoms with Crippen LogP contribution >= 0.6 is 0 Å². The molecule has 23 nitrogen and oxygen atoms in total. The first-order chi connectivity index (χ1) is 42.7. The standard InChI is InChI=1S/2C21H22FN5O2.C14H9FN4O2.C6H14N2O/c2*22-16-11-14(17-3-4-18-20(26-17)21(23)25-13-24-18)10-15(12-16)19(28)2-1-5-27-6-8-29-9-7-27;15-9-4-7(3-8(5-9)14(20)21)10-1-2-11-12(19-10)13(16)18-6-17-11;7-1-2-8-3-5-9-6-4-8/h2*3-4,10-13H,1-2,5-9H2,(H2,23,24,25);1-6H,(H,20,21)(H2,16,17,18);1-7H2. The first-order valence-electron chi connectivity index (χ1n) is 28.6. The van der Waals surface area contributed by atoms with Crippen LogP contribution in [0.5, 0.6) is 0 Å². The number of fused-ring (bicyclic) bond motifs is 3. The van der Waals surface area contributed by atoms with Crippen LogP contribution in [0.3, 0.4) is 0 Å². The number of aromatic carboxylic acids is 1. The number of rotatable bonds is 16. The summed E-state index contributed by atoms with van der Waals surface area (Å²) in [5.41, 5.74) is 29.3. The fourth-order valence-electron chi connectivity index (χ4n) is 9.89. The van der Waals surface area contributed by atoms with E-state index >= 15 is 0 Å². The molecule has 9 heterocycles. The molecule has 3 aliphatic heterocycles. The minimum Gasteiger partial charge on any atom is -0.478 e. The molecule has 0 spiro atoms. The largest absolute Gasteiger partial charge is 0.478 e. The number of Topliss-reactive ketones (excluding diaryl/α,β-unsaturated/α-hetero) is 2. The third kappa shape index (κ3) is 17.5. The number of ether oxygens (including phenoxy) is 3. The maximum Gasteiger partial charge on any atom is 0.335 e. The number of hydrogen-bond acceptors (Lipinski definition) is 22. The SMILES string of the molecule is NCCN1CCOCC1.Nc1ncnc2ccc(-c3cc(F)cc(C(=O)CCCN4CCOCC4)c3)nc12.Nc1ncnc2ccc(-c3cc(F)cc(C(=O)CCCN4CCOCC4)c3)nc12.Nc1ncnc2ccc(-c3cc(F)cc(C(=O)O)c3)nc12. The number of nitrogens with zero attached hydrogens (tertiary/aromatic N) is 12. The summed E-state index contributed by atoms with van der Waals surface area (Å²) in [6.45, 7) is 13.8. The smallest absolute Gasteiger partial charge is 0.335 e. The fraction of sp³-hybridized carbons (Fsp3) is 0.323. The summed E-state index contributed by atoms with van der Waals surface area (Å²) in [6.07, 6.45) is 6.26. The van der Waals surface area contributed by atoms with Crippen molar-refractivity contribution in [3.8, 4) is 33.8 Å². The Bertz CT molecular complexity index is 3720. The second-order valence-corrected chi connectivity index (χ2v) is 20.7. The van der Waals surface area contributed by atoms with Gasteiger partial charge in [-0.15, -0.1) is 0 Å². The molecule has 3 aliphatic rings. The van der Waals surface area contributed by atoms with Crippen LogP contribution in [-0.2, 0) is 14.2 Å². The molecule has 0 saturated carbocycles. The number of carbonyl (C=O) groups excluding carboxylic acids is 2. The second-order valence-electron chi connectivity index (χ2n) is 20.7. The lowest BCUT2D eigenvalue weighted by molar-refractivity contribution is 0.0370. The molecule has 9 N–H and O–H groups in total. The maximum atomic E-state index is 14.2. The Morgan fingerprint density at radius 1 is 0.443 bits per heavy atom. The third-order valence-corrected chi connectivity index (χ3v) is 14.5. The van der Waals surface area contributed by atoms with Gasteiger partial charge in [0.2, 0.25) is 0 Å². The lowest BCUT2D eigenvalue weighted by Gasteiger charge is -2.26. The molecule has 458 valence electrons. The Labute approximate surface area is 504 Å². The average molecular weight is 1210 g/mol. The number of pyridine rings is 3. The summed E-state index contributed by atoms with van der Waals surface area (Å²) in [7, 11) is 0. The molecule has 6 aromatic heterocycles. The molecule has 3 aromatic carbocycles. The van der Waals surface area contributed by atoms with Gasteiger partial charge in [0.15, 0.2) is 29.0 Å². The Morgan fingerprint density at radius 2 is 0.761 bits per heavy atom. The summed E-state index contributed by atoms with van der Waals surface area (Å²) >= 11 is 0. The van der Waals surface area contributed by atoms with E-state index in [2.05, 4.69) is 59.6 Å². The summed E-state index contributed by atoms with van der Waals surface area (Å²) in [4.78, 5) is 80.3. The molecular formula is C62H67F3N16O7. The predicted molar refractivity (Wildman–Crippen MR) is 326 cm³/mol. The molecule has 0 bridgehead atoms. The zero-order valence-electron chi connectivity index (χ0n) is 48.2. The van der Waals surface area contributed by atoms with Crippen LogP contribution in [0.4, 0.5) is 30.6 Å². The van der Waals surface area contributed by atoms with Crippen molar-refractivity contribution >= 4 is 68.1 Å². The van der Waals surface area contributed by atoms with E-state index in [9.17, 15) is 27.6 Å². The Morgan fingerprint density at radius 3 is 1.09 bits per heavy atom. The number of anilines is 3. The Balaban J connectivity index is 0.000000148. The number of ketones is 2. The van der Waals surface area contributed by atoms with E-state index in [1.165, 1.54) is 55.4 Å². The number of halogens is 3. The Hall–Kier alpha value is -9.15. The molecule has 12 rings (SSSR count). The quantitative estimate of drug-likeness (QED) is 0.0620. The lowest BCUT2D eigenvalue weighted by Crippen LogP contribution is -2.39. The molecule has 3 fully saturated rings. The van der Waals surface area contributed by atoms with Crippen LogP contribution in [0.1, 0.15) is 56.8 Å². The van der Waals surface area contributed by atoms with Crippen molar-refractivity contribution in [2.75, 3.05) is 122 Å². The van der Waals surface area contributed by atoms with Crippen LogP contribution in [-0.4, -0.2) is 187 Å². The zero-order valence-corrected chi connectivity index (χ0v) is 48.2. The van der Waals surface area contributed by atoms with E-state index in [4.69, 9.17) is 42.3 Å². The highest BCUT2D eigenvalue weighted by Crippen LogP contribution is 2.28. The van der Waals surface area contributed by atoms with Gasteiger partial charge in [0.1, 0.15) is 53.0 Å². The normalized spacial score (nSPS) is 14.7. The van der Waals surface area contributed by atoms with Crippen molar-refractivity contribution in [1.29, 1.82) is 0 Å². The van der Waals surface area contributed by atoms with Gasteiger partial charge in [-0.25, -0.2) is 62.8 Å². The monoisotopic (exact) mass is 1200 g/mol. The number of hydrogen-bond donors (Lipinski definition) is 5. The maximum absolute atomic E-state index is 14.2. The number of carboxylic acids is 1. The van der Waals surface area contributed by atoms with Crippen molar-refractivity contribution in [3.63, 3.8) is 0 Å². The topological polar surface area (TPSA) is 329 Å². The molecule has 0 unspecified atom stereocenters. The third-order valence-electron chi connectivity index (χ3n) is 14.5. The first kappa shape index (κ1) is 63.4. The van der Waals surface area contributed by atoms with Gasteiger partial charge in [0.25, 0.3) is 0 Å². The second kappa shape index (κ2) is 31.0. The predicted octanol–water partition coefficient (Wildman–Crippen LogP) is 6.81. The summed E-state index contributed by atoms with van der Waals surface area (Å²) < 4.78 is 57.8. The highest BCUT2D eigenvalue weighted by atomic mass is 19.1. The highest BCUT2D eigenvalue weighted by Gasteiger charge is 2.18. The summed E-state index contributed by atoms with van der Waals surface area (Å²) in [6, 6.07) is 22.4. The van der Waals surface area contributed by atoms with Crippen LogP contribution in [0, 0.1) is 17.5 Å². The number of carbonyl (C=O) groups is 3. The number of benzene rings is 3. The fourth-order valence-corrected chi connectivity index (χ4v) is 9.89. The minimum atomic E-state index is -1.21. The summed E-state index contributed by atoms with van der Waals surface area (Å²) in [5, 5.41) is 8.97. The van der Waals surface area contributed by atoms with Gasteiger partial charge in [0, 0.05) is 93.0 Å². The van der Waals surface area contributed by atoms with Gasteiger partial charge >= 0.3 is 5.97 Å². The van der Waals surface area contributed by atoms with E-state index in [0.717, 1.165) is 124 Å². The van der Waals surface area contributed by atoms with E-state index < -0.39 is 23.4 Å². The van der Waals surface area contributed by atoms with Gasteiger partial charge in [0.05, 0.1) is 78.8 Å². The van der Waals surface area contributed by atoms with Crippen molar-refractivity contribution < 1.29 is 46.9 Å². The van der Waals surface area contributed by atoms with Crippen molar-refractivity contribution in [2.45, 2.75) is 25.7 Å². The molecular weight excluding hydrogens is 1140 g/mol. The molecule has 26 heteroatoms. The van der Waals surface area contributed by atoms with Crippen LogP contribution in [0.15, 0.2) is 110 Å². The molecule has 0 amide bonds. The van der Waals surface area contributed by atoms with Gasteiger partial charge < -0.3 is 42.3 Å². The number of nitrogens with two attached hydrogens (primary N) is 4. The molecule has 3 saturated heterocycles. The van der Waals surface area contributed by atoms with E-state index in [1.54, 1.807) is 48.5 Å². The van der Waals surface area contributed by atoms with Crippen molar-refractivity contribution in [1.82, 2.24) is 59.6 Å². The molecule has 0 atom stereocenters. The minimum absolute atomic E-state index is 0.0809. The van der Waals surface area contributed by atoms with Gasteiger partial charge in [-0.05, 0) is 117 Å². The van der Waals surface area contributed by atoms with Crippen LogP contribution < -0.4 is 22.9 Å². The number of nitrogen functional groups attached to an aromatic ring is 3. The molecule has 0 aliphatic carbocycles. The van der Waals surface area contributed by atoms with Crippen LogP contribution in [0.2, 0.25) is 0 Å². The molecule has 9 aromatic rings. The highest BCUT2D eigenvalue weighted by molar-refractivity contribution is 5.98. The van der Waals surface area contributed by atoms with Crippen molar-refractivity contribution in [2.24, 2.45) is 5.73 Å². The van der Waals surface area contributed by atoms with Crippen LogP contribution in [0.25, 0.3) is 66.9 Å². The number of carboxylic acid groups (broad SMARTS) is 1. The van der Waals surface area contributed by atoms with Gasteiger partial charge in [-0.2, -0.15) is 0 Å². The van der Waals surface area contributed by atoms with Gasteiger partial charge in [-0.3, -0.25) is 24.3 Å². The lowest BCUT2D eigenvalue weighted by atomic mass is 10.0. The van der Waals surface area contributed by atoms with E-state index in [1.807, 2.05) is 0 Å². The summed E-state index contributed by atoms with van der Waals surface area (Å²) in [5.74, 6) is -2.25. The van der Waals surface area contributed by atoms with Gasteiger partial charge in [-0.1, -0.05) is 0 Å². The number of morpholine rings is 3. The molecule has 0 radical (unpaired) electrons.